The van der Waals surface area contributed by atoms with Crippen LogP contribution in [0.1, 0.15) is 5.56 Å². The number of nitro benzene ring substituents is 1. The SMILES string of the molecule is COc1ccccc1NC(=O)C(=Cc1cccc([N+](=O)[O-])c1)C(=O)Nc1ccccc1OC. The van der Waals surface area contributed by atoms with Crippen molar-refractivity contribution in [3.8, 4) is 11.5 Å². The molecule has 0 atom stereocenters. The molecule has 3 aromatic rings. The van der Waals surface area contributed by atoms with E-state index in [1.165, 1.54) is 38.5 Å². The van der Waals surface area contributed by atoms with Crippen LogP contribution in [-0.2, 0) is 9.59 Å². The molecule has 0 fully saturated rings. The molecule has 3 aromatic carbocycles. The number of amides is 2. The molecule has 9 nitrogen and oxygen atoms in total. The van der Waals surface area contributed by atoms with Crippen LogP contribution in [0.25, 0.3) is 6.08 Å². The highest BCUT2D eigenvalue weighted by molar-refractivity contribution is 6.29. The van der Waals surface area contributed by atoms with Gasteiger partial charge in [0.2, 0.25) is 0 Å². The number of ether oxygens (including phenoxy) is 2. The molecule has 0 spiro atoms. The first-order valence-corrected chi connectivity index (χ1v) is 9.78. The lowest BCUT2D eigenvalue weighted by atomic mass is 10.1. The molecule has 0 unspecified atom stereocenters. The quantitative estimate of drug-likeness (QED) is 0.175. The third-order valence-electron chi connectivity index (χ3n) is 4.59. The van der Waals surface area contributed by atoms with Gasteiger partial charge in [0.05, 0.1) is 30.5 Å². The van der Waals surface area contributed by atoms with Crippen molar-refractivity contribution in [2.24, 2.45) is 0 Å². The van der Waals surface area contributed by atoms with Crippen LogP contribution in [0.5, 0.6) is 11.5 Å². The van der Waals surface area contributed by atoms with Crippen molar-refractivity contribution in [1.82, 2.24) is 0 Å². The summed E-state index contributed by atoms with van der Waals surface area (Å²) in [7, 11) is 2.92. The zero-order valence-corrected chi connectivity index (χ0v) is 17.9. The van der Waals surface area contributed by atoms with Gasteiger partial charge in [-0.25, -0.2) is 0 Å². The summed E-state index contributed by atoms with van der Waals surface area (Å²) < 4.78 is 10.5. The maximum atomic E-state index is 13.1. The molecule has 0 saturated carbocycles. The third kappa shape index (κ3) is 5.73. The van der Waals surface area contributed by atoms with Crippen LogP contribution < -0.4 is 20.1 Å². The zero-order chi connectivity index (χ0) is 23.8. The number of hydrogen-bond acceptors (Lipinski definition) is 6. The highest BCUT2D eigenvalue weighted by Crippen LogP contribution is 2.26. The summed E-state index contributed by atoms with van der Waals surface area (Å²) in [4.78, 5) is 36.8. The van der Waals surface area contributed by atoms with Gasteiger partial charge in [-0.15, -0.1) is 0 Å². The lowest BCUT2D eigenvalue weighted by Crippen LogP contribution is -2.25. The number of nitrogens with one attached hydrogen (secondary N) is 2. The Labute approximate surface area is 189 Å². The Hall–Kier alpha value is -4.66. The Balaban J connectivity index is 2.00. The van der Waals surface area contributed by atoms with Crippen LogP contribution in [0, 0.1) is 10.1 Å². The van der Waals surface area contributed by atoms with Gasteiger partial charge in [0.15, 0.2) is 0 Å². The number of carbonyl (C=O) groups excluding carboxylic acids is 2. The summed E-state index contributed by atoms with van der Waals surface area (Å²) in [6.07, 6.45) is 1.28. The van der Waals surface area contributed by atoms with Crippen LogP contribution in [-0.4, -0.2) is 31.0 Å². The van der Waals surface area contributed by atoms with E-state index in [4.69, 9.17) is 9.47 Å². The van der Waals surface area contributed by atoms with Crippen molar-refractivity contribution in [2.75, 3.05) is 24.9 Å². The number of nitrogens with zero attached hydrogens (tertiary/aromatic N) is 1. The highest BCUT2D eigenvalue weighted by Gasteiger charge is 2.21. The van der Waals surface area contributed by atoms with E-state index in [0.29, 0.717) is 28.4 Å². The molecule has 0 aromatic heterocycles. The number of methoxy groups -OCH3 is 2. The van der Waals surface area contributed by atoms with Gasteiger partial charge in [-0.3, -0.25) is 19.7 Å². The van der Waals surface area contributed by atoms with Gasteiger partial charge in [0, 0.05) is 12.1 Å². The summed E-state index contributed by atoms with van der Waals surface area (Å²) in [5.74, 6) is -0.631. The van der Waals surface area contributed by atoms with Crippen molar-refractivity contribution in [3.05, 3.63) is 94.0 Å². The molecule has 3 rings (SSSR count). The normalized spacial score (nSPS) is 10.0. The Bertz CT molecular complexity index is 1160. The van der Waals surface area contributed by atoms with Gasteiger partial charge in [-0.2, -0.15) is 0 Å². The number of non-ortho nitro benzene ring substituents is 1. The number of rotatable bonds is 8. The molecular weight excluding hydrogens is 426 g/mol. The van der Waals surface area contributed by atoms with E-state index in [1.807, 2.05) is 0 Å². The van der Waals surface area contributed by atoms with Gasteiger partial charge in [-0.1, -0.05) is 36.4 Å². The Morgan fingerprint density at radius 1 is 0.818 bits per heavy atom. The second kappa shape index (κ2) is 10.6. The van der Waals surface area contributed by atoms with Crippen LogP contribution >= 0.6 is 0 Å². The van der Waals surface area contributed by atoms with Gasteiger partial charge in [0.1, 0.15) is 17.1 Å². The zero-order valence-electron chi connectivity index (χ0n) is 17.9. The number of carbonyl (C=O) groups is 2. The first-order chi connectivity index (χ1) is 15.9. The molecule has 0 heterocycles. The van der Waals surface area contributed by atoms with E-state index >= 15 is 0 Å². The van der Waals surface area contributed by atoms with E-state index in [2.05, 4.69) is 10.6 Å². The number of anilines is 2. The van der Waals surface area contributed by atoms with Gasteiger partial charge in [0.25, 0.3) is 17.5 Å². The van der Waals surface area contributed by atoms with Gasteiger partial charge >= 0.3 is 0 Å². The first-order valence-electron chi connectivity index (χ1n) is 9.78. The van der Waals surface area contributed by atoms with Crippen molar-refractivity contribution in [1.29, 1.82) is 0 Å². The van der Waals surface area contributed by atoms with E-state index in [1.54, 1.807) is 54.6 Å². The smallest absolute Gasteiger partial charge is 0.270 e. The minimum Gasteiger partial charge on any atom is -0.495 e. The van der Waals surface area contributed by atoms with E-state index < -0.39 is 16.7 Å². The van der Waals surface area contributed by atoms with Crippen LogP contribution in [0.15, 0.2) is 78.4 Å². The molecule has 0 aliphatic heterocycles. The first kappa shape index (κ1) is 23.0. The molecule has 0 saturated heterocycles. The van der Waals surface area contributed by atoms with Crippen molar-refractivity contribution in [2.45, 2.75) is 0 Å². The largest absolute Gasteiger partial charge is 0.495 e. The van der Waals surface area contributed by atoms with Crippen molar-refractivity contribution < 1.29 is 24.0 Å². The summed E-state index contributed by atoms with van der Waals surface area (Å²) in [6.45, 7) is 0. The number of nitro groups is 1. The Morgan fingerprint density at radius 3 is 1.82 bits per heavy atom. The monoisotopic (exact) mass is 447 g/mol. The molecule has 0 aliphatic rings. The molecule has 2 amide bonds. The summed E-state index contributed by atoms with van der Waals surface area (Å²) in [5, 5.41) is 16.4. The van der Waals surface area contributed by atoms with E-state index in [9.17, 15) is 19.7 Å². The second-order valence-electron chi connectivity index (χ2n) is 6.72. The van der Waals surface area contributed by atoms with E-state index in [-0.39, 0.29) is 11.3 Å². The van der Waals surface area contributed by atoms with E-state index in [0.717, 1.165) is 0 Å². The highest BCUT2D eigenvalue weighted by atomic mass is 16.6. The Morgan fingerprint density at radius 2 is 1.33 bits per heavy atom. The standard InChI is InChI=1S/C24H21N3O6/c1-32-21-12-5-3-10-19(21)25-23(28)18(15-16-8-7-9-17(14-16)27(30)31)24(29)26-20-11-4-6-13-22(20)33-2/h3-15H,1-2H3,(H,25,28)(H,26,29). The fraction of sp³-hybridized carbons (Fsp3) is 0.0833. The summed E-state index contributed by atoms with van der Waals surface area (Å²) in [5.41, 5.74) is 0.593. The molecular formula is C24H21N3O6. The molecule has 168 valence electrons. The maximum absolute atomic E-state index is 13.1. The lowest BCUT2D eigenvalue weighted by molar-refractivity contribution is -0.384. The fourth-order valence-electron chi connectivity index (χ4n) is 3.00. The molecule has 0 bridgehead atoms. The summed E-state index contributed by atoms with van der Waals surface area (Å²) in [6, 6.07) is 19.1. The fourth-order valence-corrected chi connectivity index (χ4v) is 3.00. The van der Waals surface area contributed by atoms with Crippen LogP contribution in [0.2, 0.25) is 0 Å². The minimum absolute atomic E-state index is 0.168. The predicted molar refractivity (Wildman–Crippen MR) is 124 cm³/mol. The topological polar surface area (TPSA) is 120 Å². The molecule has 2 N–H and O–H groups in total. The van der Waals surface area contributed by atoms with Crippen LogP contribution in [0.3, 0.4) is 0 Å². The molecule has 33 heavy (non-hydrogen) atoms. The molecule has 0 radical (unpaired) electrons. The van der Waals surface area contributed by atoms with Crippen LogP contribution in [0.4, 0.5) is 17.1 Å². The maximum Gasteiger partial charge on any atom is 0.270 e. The molecule has 9 heteroatoms. The number of hydrogen-bond donors (Lipinski definition) is 2. The average molecular weight is 447 g/mol. The number of para-hydroxylation sites is 4. The van der Waals surface area contributed by atoms with Gasteiger partial charge in [-0.05, 0) is 35.9 Å². The summed E-state index contributed by atoms with van der Waals surface area (Å²) >= 11 is 0. The molecule has 0 aliphatic carbocycles. The Kier molecular flexibility index (Phi) is 7.38. The average Bonchev–Trinajstić information content (AvgIpc) is 2.83. The third-order valence-corrected chi connectivity index (χ3v) is 4.59. The second-order valence-corrected chi connectivity index (χ2v) is 6.72. The van der Waals surface area contributed by atoms with Crippen molar-refractivity contribution >= 4 is 35.0 Å². The van der Waals surface area contributed by atoms with Crippen molar-refractivity contribution in [3.63, 3.8) is 0 Å². The predicted octanol–water partition coefficient (Wildman–Crippen LogP) is 4.27. The lowest BCUT2D eigenvalue weighted by Gasteiger charge is -2.14. The minimum atomic E-state index is -0.724. The van der Waals surface area contributed by atoms with Gasteiger partial charge < -0.3 is 20.1 Å². The number of benzene rings is 3.